The number of nitriles is 1. The molecule has 5 aromatic rings. The Labute approximate surface area is 211 Å². The molecule has 0 radical (unpaired) electrons. The number of nitrogens with one attached hydrogen (secondary N) is 1. The quantitative estimate of drug-likeness (QED) is 0.358. The van der Waals surface area contributed by atoms with Gasteiger partial charge in [-0.25, -0.2) is 9.37 Å². The van der Waals surface area contributed by atoms with E-state index in [4.69, 9.17) is 5.73 Å². The van der Waals surface area contributed by atoms with Gasteiger partial charge in [0.25, 0.3) is 5.56 Å². The van der Waals surface area contributed by atoms with Crippen LogP contribution in [-0.2, 0) is 0 Å². The molecule has 0 fully saturated rings. The molecule has 0 spiro atoms. The van der Waals surface area contributed by atoms with Gasteiger partial charge in [-0.1, -0.05) is 24.3 Å². The first kappa shape index (κ1) is 23.6. The maximum Gasteiger partial charge on any atom is 0.263 e. The summed E-state index contributed by atoms with van der Waals surface area (Å²) in [6.45, 7) is 3.71. The lowest BCUT2D eigenvalue weighted by Crippen LogP contribution is -2.26. The highest BCUT2D eigenvalue weighted by Gasteiger charge is 2.20. The second-order valence-electron chi connectivity index (χ2n) is 8.61. The maximum absolute atomic E-state index is 14.3. The van der Waals surface area contributed by atoms with E-state index in [1.165, 1.54) is 22.9 Å². The number of fused-ring (bicyclic) bond motifs is 1. The van der Waals surface area contributed by atoms with Crippen LogP contribution < -0.4 is 16.6 Å². The van der Waals surface area contributed by atoms with Crippen molar-refractivity contribution >= 4 is 22.5 Å². The molecule has 9 heteroatoms. The first-order valence-electron chi connectivity index (χ1n) is 11.5. The van der Waals surface area contributed by atoms with Crippen LogP contribution in [0.3, 0.4) is 0 Å². The number of nitrogen functional groups attached to an aromatic ring is 1. The fourth-order valence-electron chi connectivity index (χ4n) is 4.40. The van der Waals surface area contributed by atoms with E-state index >= 15 is 0 Å². The molecule has 5 rings (SSSR count). The van der Waals surface area contributed by atoms with Crippen molar-refractivity contribution in [3.05, 3.63) is 106 Å². The molecule has 0 unspecified atom stereocenters. The van der Waals surface area contributed by atoms with Crippen LogP contribution in [0, 0.1) is 24.1 Å². The van der Waals surface area contributed by atoms with Crippen molar-refractivity contribution in [2.75, 3.05) is 11.1 Å². The zero-order valence-electron chi connectivity index (χ0n) is 20.1. The van der Waals surface area contributed by atoms with Gasteiger partial charge in [0.15, 0.2) is 0 Å². The fourth-order valence-corrected chi connectivity index (χ4v) is 4.40. The number of nitrogens with zero attached hydrogens (tertiary/aromatic N) is 5. The minimum atomic E-state index is -0.520. The van der Waals surface area contributed by atoms with Gasteiger partial charge in [0, 0.05) is 17.6 Å². The van der Waals surface area contributed by atoms with Gasteiger partial charge in [-0.05, 0) is 66.8 Å². The van der Waals surface area contributed by atoms with Crippen molar-refractivity contribution in [1.82, 2.24) is 19.5 Å². The average Bonchev–Trinajstić information content (AvgIpc) is 2.88. The van der Waals surface area contributed by atoms with Gasteiger partial charge in [0.2, 0.25) is 5.95 Å². The van der Waals surface area contributed by atoms with Crippen molar-refractivity contribution in [3.63, 3.8) is 0 Å². The third kappa shape index (κ3) is 4.48. The Balaban J connectivity index is 1.77. The first-order chi connectivity index (χ1) is 17.9. The molecule has 3 aromatic heterocycles. The van der Waals surface area contributed by atoms with E-state index in [0.717, 1.165) is 22.2 Å². The van der Waals surface area contributed by atoms with Gasteiger partial charge in [-0.3, -0.25) is 14.3 Å². The molecular formula is C28H22FN7O. The third-order valence-corrected chi connectivity index (χ3v) is 6.07. The molecule has 0 bridgehead atoms. The molecule has 8 nitrogen and oxygen atoms in total. The molecule has 0 aliphatic rings. The van der Waals surface area contributed by atoms with Crippen molar-refractivity contribution in [2.45, 2.75) is 19.9 Å². The zero-order valence-corrected chi connectivity index (χ0v) is 20.1. The third-order valence-electron chi connectivity index (χ3n) is 6.07. The van der Waals surface area contributed by atoms with Crippen molar-refractivity contribution < 1.29 is 4.39 Å². The van der Waals surface area contributed by atoms with Crippen LogP contribution in [0.25, 0.3) is 27.6 Å². The number of aromatic nitrogens is 4. The molecule has 1 atom stereocenters. The lowest BCUT2D eigenvalue weighted by molar-refractivity contribution is 0.625. The standard InChI is InChI=1S/C28H22FN7O/c1-16-11-18(9-10-32-16)23-8-3-5-19-12-24(17(2)34-26-20(14-30)15-33-28(31)35-26)36(27(37)25(19)23)22-7-4-6-21(29)13-22/h3-13,15,17H,1-2H3,(H3,31,33,34,35)/t17-/m0/s1. The van der Waals surface area contributed by atoms with Crippen molar-refractivity contribution in [2.24, 2.45) is 0 Å². The average molecular weight is 492 g/mol. The molecule has 0 aliphatic carbocycles. The van der Waals surface area contributed by atoms with Crippen LogP contribution in [0.15, 0.2) is 77.9 Å². The number of halogens is 1. The zero-order chi connectivity index (χ0) is 26.1. The number of rotatable bonds is 5. The van der Waals surface area contributed by atoms with E-state index in [1.54, 1.807) is 18.3 Å². The summed E-state index contributed by atoms with van der Waals surface area (Å²) in [7, 11) is 0. The summed E-state index contributed by atoms with van der Waals surface area (Å²) in [5, 5.41) is 13.9. The topological polar surface area (TPSA) is 123 Å². The molecule has 182 valence electrons. The summed E-state index contributed by atoms with van der Waals surface area (Å²) in [6.07, 6.45) is 3.04. The second-order valence-corrected chi connectivity index (χ2v) is 8.61. The Morgan fingerprint density at radius 1 is 1.11 bits per heavy atom. The van der Waals surface area contributed by atoms with Crippen LogP contribution in [-0.4, -0.2) is 19.5 Å². The Kier molecular flexibility index (Phi) is 6.07. The van der Waals surface area contributed by atoms with Crippen LogP contribution in [0.4, 0.5) is 16.2 Å². The predicted octanol–water partition coefficient (Wildman–Crippen LogP) is 4.92. The number of benzene rings is 2. The largest absolute Gasteiger partial charge is 0.368 e. The Morgan fingerprint density at radius 3 is 2.68 bits per heavy atom. The summed E-state index contributed by atoms with van der Waals surface area (Å²) >= 11 is 0. The lowest BCUT2D eigenvalue weighted by atomic mass is 9.98. The molecule has 0 saturated carbocycles. The Bertz CT molecular complexity index is 1760. The van der Waals surface area contributed by atoms with Crippen LogP contribution in [0.2, 0.25) is 0 Å². The normalized spacial score (nSPS) is 11.7. The van der Waals surface area contributed by atoms with Crippen LogP contribution in [0.1, 0.15) is 29.9 Å². The molecular weight excluding hydrogens is 469 g/mol. The maximum atomic E-state index is 14.3. The summed E-state index contributed by atoms with van der Waals surface area (Å²) in [5.74, 6) is -0.224. The van der Waals surface area contributed by atoms with Gasteiger partial charge in [-0.15, -0.1) is 0 Å². The summed E-state index contributed by atoms with van der Waals surface area (Å²) in [4.78, 5) is 26.5. The number of pyridine rings is 2. The number of hydrogen-bond acceptors (Lipinski definition) is 7. The van der Waals surface area contributed by atoms with Gasteiger partial charge < -0.3 is 11.1 Å². The highest BCUT2D eigenvalue weighted by Crippen LogP contribution is 2.30. The summed E-state index contributed by atoms with van der Waals surface area (Å²) < 4.78 is 15.8. The summed E-state index contributed by atoms with van der Waals surface area (Å²) in [5.41, 5.74) is 9.00. The monoisotopic (exact) mass is 491 g/mol. The Morgan fingerprint density at radius 2 is 1.92 bits per heavy atom. The van der Waals surface area contributed by atoms with E-state index < -0.39 is 11.9 Å². The van der Waals surface area contributed by atoms with Crippen molar-refractivity contribution in [1.29, 1.82) is 5.26 Å². The smallest absolute Gasteiger partial charge is 0.263 e. The Hall–Kier alpha value is -5.10. The minimum Gasteiger partial charge on any atom is -0.368 e. The van der Waals surface area contributed by atoms with E-state index in [2.05, 4.69) is 20.3 Å². The predicted molar refractivity (Wildman–Crippen MR) is 141 cm³/mol. The van der Waals surface area contributed by atoms with Crippen LogP contribution >= 0.6 is 0 Å². The highest BCUT2D eigenvalue weighted by atomic mass is 19.1. The van der Waals surface area contributed by atoms with Gasteiger partial charge in [-0.2, -0.15) is 10.2 Å². The van der Waals surface area contributed by atoms with Crippen molar-refractivity contribution in [3.8, 4) is 22.9 Å². The van der Waals surface area contributed by atoms with E-state index in [1.807, 2.05) is 56.3 Å². The van der Waals surface area contributed by atoms with E-state index in [0.29, 0.717) is 16.8 Å². The molecule has 0 aliphatic heterocycles. The number of nitrogens with two attached hydrogens (primary N) is 1. The highest BCUT2D eigenvalue weighted by molar-refractivity contribution is 5.96. The molecule has 2 aromatic carbocycles. The van der Waals surface area contributed by atoms with E-state index in [-0.39, 0.29) is 22.9 Å². The molecule has 0 amide bonds. The molecule has 37 heavy (non-hydrogen) atoms. The second kappa shape index (κ2) is 9.51. The number of hydrogen-bond donors (Lipinski definition) is 2. The lowest BCUT2D eigenvalue weighted by Gasteiger charge is -2.22. The summed E-state index contributed by atoms with van der Waals surface area (Å²) in [6, 6.07) is 18.7. The van der Waals surface area contributed by atoms with Gasteiger partial charge >= 0.3 is 0 Å². The fraction of sp³-hybridized carbons (Fsp3) is 0.107. The van der Waals surface area contributed by atoms with E-state index in [9.17, 15) is 14.4 Å². The molecule has 0 saturated heterocycles. The van der Waals surface area contributed by atoms with Gasteiger partial charge in [0.05, 0.1) is 23.3 Å². The van der Waals surface area contributed by atoms with Crippen LogP contribution in [0.5, 0.6) is 0 Å². The first-order valence-corrected chi connectivity index (χ1v) is 11.5. The minimum absolute atomic E-state index is 0.00650. The molecule has 3 N–H and O–H groups in total. The SMILES string of the molecule is Cc1cc(-c2cccc3cc([C@H](C)Nc4nc(N)ncc4C#N)n(-c4cccc(F)c4)c(=O)c23)ccn1. The number of aryl methyl sites for hydroxylation is 1. The molecule has 3 heterocycles. The van der Waals surface area contributed by atoms with Gasteiger partial charge in [0.1, 0.15) is 23.3 Å². The number of anilines is 2.